The third kappa shape index (κ3) is 3.34. The van der Waals surface area contributed by atoms with E-state index in [2.05, 4.69) is 19.2 Å². The van der Waals surface area contributed by atoms with Gasteiger partial charge in [0.15, 0.2) is 0 Å². The molecule has 0 unspecified atom stereocenters. The zero-order valence-electron chi connectivity index (χ0n) is 8.68. The van der Waals surface area contributed by atoms with Crippen LogP contribution in [0.25, 0.3) is 0 Å². The monoisotopic (exact) mass is 196 g/mol. The summed E-state index contributed by atoms with van der Waals surface area (Å²) < 4.78 is 12.8. The number of hydrogen-bond donors (Lipinski definition) is 2. The van der Waals surface area contributed by atoms with Gasteiger partial charge in [0.1, 0.15) is 5.82 Å². The van der Waals surface area contributed by atoms with Crippen LogP contribution in [0.5, 0.6) is 0 Å². The molecular weight excluding hydrogens is 179 g/mol. The van der Waals surface area contributed by atoms with Crippen LogP contribution >= 0.6 is 0 Å². The Bertz CT molecular complexity index is 297. The highest BCUT2D eigenvalue weighted by Gasteiger charge is 2.14. The van der Waals surface area contributed by atoms with Gasteiger partial charge in [-0.1, -0.05) is 19.9 Å². The fourth-order valence-electron chi connectivity index (χ4n) is 1.01. The van der Waals surface area contributed by atoms with Crippen LogP contribution in [0, 0.1) is 11.2 Å². The number of halogens is 1. The average Bonchev–Trinajstić information content (AvgIpc) is 2.15. The normalized spacial score (nSPS) is 11.4. The Hall–Kier alpha value is -1.09. The van der Waals surface area contributed by atoms with Gasteiger partial charge in [0.2, 0.25) is 0 Å². The molecule has 3 heteroatoms. The maximum absolute atomic E-state index is 12.8. The highest BCUT2D eigenvalue weighted by molar-refractivity contribution is 5.43. The van der Waals surface area contributed by atoms with E-state index >= 15 is 0 Å². The summed E-state index contributed by atoms with van der Waals surface area (Å²) in [6.45, 7) is 5.49. The lowest BCUT2D eigenvalue weighted by atomic mass is 9.94. The summed E-state index contributed by atoms with van der Waals surface area (Å²) in [5.41, 5.74) is 6.42. The molecule has 0 aliphatic carbocycles. The third-order valence-corrected chi connectivity index (χ3v) is 2.15. The Morgan fingerprint density at radius 3 is 2.71 bits per heavy atom. The largest absolute Gasteiger partial charge is 0.384 e. The molecule has 0 amide bonds. The molecule has 0 saturated heterocycles. The van der Waals surface area contributed by atoms with Crippen LogP contribution in [0.4, 0.5) is 10.1 Å². The van der Waals surface area contributed by atoms with Crippen LogP contribution in [0.2, 0.25) is 0 Å². The first kappa shape index (κ1) is 11.0. The first-order chi connectivity index (χ1) is 6.53. The number of hydrogen-bond acceptors (Lipinski definition) is 2. The van der Waals surface area contributed by atoms with Gasteiger partial charge >= 0.3 is 0 Å². The van der Waals surface area contributed by atoms with E-state index in [1.165, 1.54) is 12.1 Å². The van der Waals surface area contributed by atoms with Gasteiger partial charge in [-0.2, -0.15) is 0 Å². The maximum atomic E-state index is 12.8. The molecule has 0 radical (unpaired) electrons. The van der Waals surface area contributed by atoms with Crippen molar-refractivity contribution in [3.8, 4) is 0 Å². The molecule has 0 heterocycles. The van der Waals surface area contributed by atoms with Gasteiger partial charge in [0, 0.05) is 12.2 Å². The van der Waals surface area contributed by atoms with Crippen molar-refractivity contribution in [1.82, 2.24) is 0 Å². The van der Waals surface area contributed by atoms with Gasteiger partial charge in [-0.05, 0) is 30.2 Å². The molecular formula is C11H17FN2. The first-order valence-electron chi connectivity index (χ1n) is 4.73. The number of nitrogens with two attached hydrogens (primary N) is 1. The van der Waals surface area contributed by atoms with Crippen LogP contribution in [-0.4, -0.2) is 13.1 Å². The Balaban J connectivity index is 2.54. The van der Waals surface area contributed by atoms with E-state index in [9.17, 15) is 4.39 Å². The molecule has 0 atom stereocenters. The zero-order valence-corrected chi connectivity index (χ0v) is 8.68. The van der Waals surface area contributed by atoms with E-state index in [1.54, 1.807) is 6.07 Å². The maximum Gasteiger partial charge on any atom is 0.125 e. The zero-order chi connectivity index (χ0) is 10.6. The summed E-state index contributed by atoms with van der Waals surface area (Å²) in [5.74, 6) is -0.222. The predicted molar refractivity (Wildman–Crippen MR) is 57.7 cm³/mol. The predicted octanol–water partition coefficient (Wildman–Crippen LogP) is 2.22. The lowest BCUT2D eigenvalue weighted by Crippen LogP contribution is -2.31. The summed E-state index contributed by atoms with van der Waals surface area (Å²) in [7, 11) is 0. The topological polar surface area (TPSA) is 38.0 Å². The minimum atomic E-state index is -0.222. The van der Waals surface area contributed by atoms with Crippen LogP contribution in [0.3, 0.4) is 0 Å². The van der Waals surface area contributed by atoms with Crippen molar-refractivity contribution in [2.24, 2.45) is 11.1 Å². The molecule has 14 heavy (non-hydrogen) atoms. The molecule has 0 aliphatic rings. The summed E-state index contributed by atoms with van der Waals surface area (Å²) in [5, 5.41) is 3.16. The molecule has 0 spiro atoms. The molecule has 0 fully saturated rings. The molecule has 0 aliphatic heterocycles. The summed E-state index contributed by atoms with van der Waals surface area (Å²) in [4.78, 5) is 0. The van der Waals surface area contributed by atoms with Crippen molar-refractivity contribution in [1.29, 1.82) is 0 Å². The van der Waals surface area contributed by atoms with E-state index in [0.717, 1.165) is 12.2 Å². The van der Waals surface area contributed by atoms with Crippen molar-refractivity contribution < 1.29 is 4.39 Å². The Morgan fingerprint density at radius 2 is 2.14 bits per heavy atom. The fourth-order valence-corrected chi connectivity index (χ4v) is 1.01. The van der Waals surface area contributed by atoms with Crippen molar-refractivity contribution >= 4 is 5.69 Å². The Labute approximate surface area is 84.3 Å². The number of rotatable bonds is 4. The first-order valence-corrected chi connectivity index (χ1v) is 4.73. The second-order valence-electron chi connectivity index (χ2n) is 4.23. The smallest absolute Gasteiger partial charge is 0.125 e. The van der Waals surface area contributed by atoms with Gasteiger partial charge in [-0.25, -0.2) is 4.39 Å². The second-order valence-corrected chi connectivity index (χ2v) is 4.23. The summed E-state index contributed by atoms with van der Waals surface area (Å²) >= 11 is 0. The third-order valence-electron chi connectivity index (χ3n) is 2.15. The van der Waals surface area contributed by atoms with Crippen molar-refractivity contribution in [3.05, 3.63) is 30.1 Å². The summed E-state index contributed by atoms with van der Waals surface area (Å²) in [6, 6.07) is 6.44. The lowest BCUT2D eigenvalue weighted by molar-refractivity contribution is 0.405. The molecule has 3 N–H and O–H groups in total. The second kappa shape index (κ2) is 4.42. The minimum absolute atomic E-state index is 0.0340. The number of nitrogens with one attached hydrogen (secondary N) is 1. The minimum Gasteiger partial charge on any atom is -0.384 e. The Kier molecular flexibility index (Phi) is 3.47. The van der Waals surface area contributed by atoms with Gasteiger partial charge in [0.05, 0.1) is 0 Å². The molecule has 2 nitrogen and oxygen atoms in total. The van der Waals surface area contributed by atoms with E-state index in [0.29, 0.717) is 6.54 Å². The van der Waals surface area contributed by atoms with E-state index < -0.39 is 0 Å². The molecule has 0 bridgehead atoms. The van der Waals surface area contributed by atoms with Crippen LogP contribution in [-0.2, 0) is 0 Å². The van der Waals surface area contributed by atoms with E-state index in [4.69, 9.17) is 5.73 Å². The van der Waals surface area contributed by atoms with E-state index in [-0.39, 0.29) is 11.2 Å². The highest BCUT2D eigenvalue weighted by Crippen LogP contribution is 2.15. The molecule has 1 aromatic rings. The van der Waals surface area contributed by atoms with Crippen LogP contribution < -0.4 is 11.1 Å². The van der Waals surface area contributed by atoms with Gasteiger partial charge in [-0.3, -0.25) is 0 Å². The molecule has 1 rings (SSSR count). The SMILES string of the molecule is CC(C)(CN)CNc1cccc(F)c1. The molecule has 78 valence electrons. The molecule has 0 aromatic heterocycles. The van der Waals surface area contributed by atoms with Gasteiger partial charge in [-0.15, -0.1) is 0 Å². The number of anilines is 1. The lowest BCUT2D eigenvalue weighted by Gasteiger charge is -2.23. The average molecular weight is 196 g/mol. The van der Waals surface area contributed by atoms with E-state index in [1.807, 2.05) is 6.07 Å². The standard InChI is InChI=1S/C11H17FN2/c1-11(2,7-13)8-14-10-5-3-4-9(12)6-10/h3-6,14H,7-8,13H2,1-2H3. The van der Waals surface area contributed by atoms with Crippen LogP contribution in [0.15, 0.2) is 24.3 Å². The Morgan fingerprint density at radius 1 is 1.43 bits per heavy atom. The van der Waals surface area contributed by atoms with Gasteiger partial charge < -0.3 is 11.1 Å². The molecule has 0 saturated carbocycles. The highest BCUT2D eigenvalue weighted by atomic mass is 19.1. The van der Waals surface area contributed by atoms with Crippen molar-refractivity contribution in [2.45, 2.75) is 13.8 Å². The van der Waals surface area contributed by atoms with Crippen molar-refractivity contribution in [2.75, 3.05) is 18.4 Å². The van der Waals surface area contributed by atoms with Crippen molar-refractivity contribution in [3.63, 3.8) is 0 Å². The number of benzene rings is 1. The molecule has 1 aromatic carbocycles. The quantitative estimate of drug-likeness (QED) is 0.775. The fraction of sp³-hybridized carbons (Fsp3) is 0.455. The summed E-state index contributed by atoms with van der Waals surface area (Å²) in [6.07, 6.45) is 0. The van der Waals surface area contributed by atoms with Crippen LogP contribution in [0.1, 0.15) is 13.8 Å². The van der Waals surface area contributed by atoms with Gasteiger partial charge in [0.25, 0.3) is 0 Å².